The number of carbonyl (C=O) groups excluding carboxylic acids is 1. The third kappa shape index (κ3) is 8.19. The molecule has 0 saturated heterocycles. The maximum Gasteiger partial charge on any atom is 0.224 e. The predicted molar refractivity (Wildman–Crippen MR) is 152 cm³/mol. The van der Waals surface area contributed by atoms with Crippen molar-refractivity contribution in [2.45, 2.75) is 13.5 Å². The minimum atomic E-state index is 0.454. The highest BCUT2D eigenvalue weighted by atomic mass is 16.1. The zero-order valence-electron chi connectivity index (χ0n) is 21.8. The third-order valence-corrected chi connectivity index (χ3v) is 5.76. The largest absolute Gasteiger partial charge is 0.400 e. The van der Waals surface area contributed by atoms with Crippen LogP contribution in [-0.4, -0.2) is 56.5 Å². The lowest BCUT2D eigenvalue weighted by Gasteiger charge is -2.26. The van der Waals surface area contributed by atoms with Crippen molar-refractivity contribution in [3.8, 4) is 0 Å². The standard InChI is InChI=1S/C27H37N9O/c1-4-31-27-32-17-22(20-37)26(33-27)35(3)14-13-34(2)24-11-8-12-25(15-24)36(29)19-23(28)18-30-16-21-9-6-5-7-10-21/h5-12,15,17,19-20,30H,4,13-14,16,18,28-29H2,1-3H3,(H,31,32,33)/b23-19-. The van der Waals surface area contributed by atoms with Crippen LogP contribution in [-0.2, 0) is 6.54 Å². The number of aldehydes is 1. The summed E-state index contributed by atoms with van der Waals surface area (Å²) in [5, 5.41) is 7.94. The topological polar surface area (TPSA) is 129 Å². The first-order valence-electron chi connectivity index (χ1n) is 12.2. The molecule has 0 amide bonds. The average molecular weight is 504 g/mol. The highest BCUT2D eigenvalue weighted by Gasteiger charge is 2.13. The molecule has 1 aromatic heterocycles. The predicted octanol–water partition coefficient (Wildman–Crippen LogP) is 2.56. The molecule has 37 heavy (non-hydrogen) atoms. The smallest absolute Gasteiger partial charge is 0.224 e. The Morgan fingerprint density at radius 1 is 1.03 bits per heavy atom. The van der Waals surface area contributed by atoms with E-state index in [1.807, 2.05) is 68.4 Å². The molecule has 0 radical (unpaired) electrons. The molecule has 6 N–H and O–H groups in total. The Bertz CT molecular complexity index is 1170. The van der Waals surface area contributed by atoms with Gasteiger partial charge in [0.1, 0.15) is 5.82 Å². The summed E-state index contributed by atoms with van der Waals surface area (Å²) in [6.45, 7) is 5.27. The summed E-state index contributed by atoms with van der Waals surface area (Å²) in [5.41, 5.74) is 10.3. The second-order valence-corrected chi connectivity index (χ2v) is 8.68. The van der Waals surface area contributed by atoms with Crippen LogP contribution in [0.1, 0.15) is 22.8 Å². The molecular formula is C27H37N9O. The van der Waals surface area contributed by atoms with E-state index in [1.54, 1.807) is 12.4 Å². The van der Waals surface area contributed by atoms with Crippen LogP contribution in [0.3, 0.4) is 0 Å². The number of aromatic nitrogens is 2. The quantitative estimate of drug-likeness (QED) is 0.148. The maximum atomic E-state index is 11.5. The molecule has 0 aliphatic heterocycles. The fourth-order valence-electron chi connectivity index (χ4n) is 3.69. The molecule has 0 unspecified atom stereocenters. The number of nitrogens with zero attached hydrogens (tertiary/aromatic N) is 5. The van der Waals surface area contributed by atoms with Gasteiger partial charge in [-0.05, 0) is 30.7 Å². The highest BCUT2D eigenvalue weighted by Crippen LogP contribution is 2.21. The van der Waals surface area contributed by atoms with E-state index in [0.29, 0.717) is 49.2 Å². The van der Waals surface area contributed by atoms with E-state index in [4.69, 9.17) is 11.6 Å². The SMILES string of the molecule is CCNc1ncc(C=O)c(N(C)CCN(C)c2cccc(N(N)/C=C(\N)CNCc3ccccc3)c2)n1. The van der Waals surface area contributed by atoms with Gasteiger partial charge in [-0.1, -0.05) is 36.4 Å². The number of likely N-dealkylation sites (N-methyl/N-ethyl adjacent to an activating group) is 2. The van der Waals surface area contributed by atoms with E-state index in [-0.39, 0.29) is 0 Å². The zero-order valence-corrected chi connectivity index (χ0v) is 21.8. The van der Waals surface area contributed by atoms with Crippen molar-refractivity contribution in [2.75, 3.05) is 60.4 Å². The van der Waals surface area contributed by atoms with Crippen LogP contribution in [0.2, 0.25) is 0 Å². The van der Waals surface area contributed by atoms with E-state index < -0.39 is 0 Å². The van der Waals surface area contributed by atoms with Crippen molar-refractivity contribution < 1.29 is 4.79 Å². The van der Waals surface area contributed by atoms with Crippen LogP contribution in [0, 0.1) is 0 Å². The van der Waals surface area contributed by atoms with Gasteiger partial charge in [-0.15, -0.1) is 0 Å². The van der Waals surface area contributed by atoms with Crippen molar-refractivity contribution in [3.63, 3.8) is 0 Å². The molecule has 0 aliphatic carbocycles. The molecule has 3 aromatic rings. The van der Waals surface area contributed by atoms with E-state index in [1.165, 1.54) is 10.6 Å². The Morgan fingerprint density at radius 3 is 2.49 bits per heavy atom. The van der Waals surface area contributed by atoms with Crippen LogP contribution in [0.15, 0.2) is 72.7 Å². The summed E-state index contributed by atoms with van der Waals surface area (Å²) in [5.74, 6) is 7.38. The first kappa shape index (κ1) is 27.4. The Kier molecular flexibility index (Phi) is 10.2. The number of nitrogens with one attached hydrogen (secondary N) is 2. The van der Waals surface area contributed by atoms with Gasteiger partial charge in [0.05, 0.1) is 11.3 Å². The van der Waals surface area contributed by atoms with Crippen molar-refractivity contribution in [1.29, 1.82) is 0 Å². The number of anilines is 4. The lowest BCUT2D eigenvalue weighted by molar-refractivity contribution is 0.112. The lowest BCUT2D eigenvalue weighted by Crippen LogP contribution is -2.32. The fourth-order valence-corrected chi connectivity index (χ4v) is 3.69. The van der Waals surface area contributed by atoms with Crippen LogP contribution in [0.25, 0.3) is 0 Å². The van der Waals surface area contributed by atoms with Gasteiger partial charge in [-0.2, -0.15) is 4.98 Å². The van der Waals surface area contributed by atoms with Gasteiger partial charge in [-0.25, -0.2) is 10.8 Å². The number of hydrogen-bond acceptors (Lipinski definition) is 10. The second kappa shape index (κ2) is 13.8. The van der Waals surface area contributed by atoms with Gasteiger partial charge in [0.2, 0.25) is 5.95 Å². The summed E-state index contributed by atoms with van der Waals surface area (Å²) < 4.78 is 0. The fraction of sp³-hybridized carbons (Fsp3) is 0.296. The van der Waals surface area contributed by atoms with E-state index in [2.05, 4.69) is 37.6 Å². The Labute approximate surface area is 219 Å². The van der Waals surface area contributed by atoms with Crippen LogP contribution in [0.5, 0.6) is 0 Å². The number of hydrogen-bond donors (Lipinski definition) is 4. The molecule has 2 aromatic carbocycles. The molecule has 10 nitrogen and oxygen atoms in total. The van der Waals surface area contributed by atoms with Gasteiger partial charge < -0.3 is 26.2 Å². The minimum absolute atomic E-state index is 0.454. The van der Waals surface area contributed by atoms with E-state index in [0.717, 1.165) is 24.2 Å². The number of nitrogens with two attached hydrogens (primary N) is 2. The molecule has 10 heteroatoms. The molecule has 0 aliphatic rings. The number of hydrazine groups is 1. The summed E-state index contributed by atoms with van der Waals surface area (Å²) >= 11 is 0. The molecule has 1 heterocycles. The molecule has 3 rings (SSSR count). The molecule has 0 spiro atoms. The van der Waals surface area contributed by atoms with Gasteiger partial charge in [0.25, 0.3) is 0 Å². The lowest BCUT2D eigenvalue weighted by atomic mass is 10.2. The Morgan fingerprint density at radius 2 is 1.76 bits per heavy atom. The summed E-state index contributed by atoms with van der Waals surface area (Å²) in [6, 6.07) is 18.1. The van der Waals surface area contributed by atoms with Crippen LogP contribution < -0.4 is 37.0 Å². The molecule has 0 bridgehead atoms. The molecular weight excluding hydrogens is 466 g/mol. The second-order valence-electron chi connectivity index (χ2n) is 8.68. The number of carbonyl (C=O) groups is 1. The van der Waals surface area contributed by atoms with Crippen LogP contribution >= 0.6 is 0 Å². The van der Waals surface area contributed by atoms with Crippen molar-refractivity contribution >= 4 is 29.4 Å². The monoisotopic (exact) mass is 503 g/mol. The summed E-state index contributed by atoms with van der Waals surface area (Å²) in [6.07, 6.45) is 4.05. The molecule has 196 valence electrons. The zero-order chi connectivity index (χ0) is 26.6. The van der Waals surface area contributed by atoms with Crippen molar-refractivity contribution in [1.82, 2.24) is 15.3 Å². The first-order valence-corrected chi connectivity index (χ1v) is 12.2. The van der Waals surface area contributed by atoms with E-state index in [9.17, 15) is 4.79 Å². The van der Waals surface area contributed by atoms with Crippen molar-refractivity contribution in [2.24, 2.45) is 11.6 Å². The van der Waals surface area contributed by atoms with Crippen LogP contribution in [0.4, 0.5) is 23.1 Å². The third-order valence-electron chi connectivity index (χ3n) is 5.76. The van der Waals surface area contributed by atoms with Gasteiger partial charge in [-0.3, -0.25) is 9.80 Å². The summed E-state index contributed by atoms with van der Waals surface area (Å²) in [4.78, 5) is 24.2. The molecule has 0 atom stereocenters. The molecule has 0 saturated carbocycles. The van der Waals surface area contributed by atoms with Gasteiger partial charge in [0.15, 0.2) is 6.29 Å². The summed E-state index contributed by atoms with van der Waals surface area (Å²) in [7, 11) is 3.92. The maximum absolute atomic E-state index is 11.5. The molecule has 0 fully saturated rings. The average Bonchev–Trinajstić information content (AvgIpc) is 2.92. The first-order chi connectivity index (χ1) is 17.9. The minimum Gasteiger partial charge on any atom is -0.400 e. The van der Waals surface area contributed by atoms with E-state index >= 15 is 0 Å². The van der Waals surface area contributed by atoms with Gasteiger partial charge in [0, 0.05) is 70.6 Å². The number of rotatable bonds is 14. The van der Waals surface area contributed by atoms with Gasteiger partial charge >= 0.3 is 0 Å². The Balaban J connectivity index is 1.57. The Hall–Kier alpha value is -4.15. The number of benzene rings is 2. The van der Waals surface area contributed by atoms with Crippen molar-refractivity contribution in [3.05, 3.63) is 83.8 Å². The highest BCUT2D eigenvalue weighted by molar-refractivity contribution is 5.82. The normalized spacial score (nSPS) is 11.2.